The van der Waals surface area contributed by atoms with E-state index in [-0.39, 0.29) is 5.91 Å². The van der Waals surface area contributed by atoms with E-state index in [1.54, 1.807) is 0 Å². The summed E-state index contributed by atoms with van der Waals surface area (Å²) in [6.07, 6.45) is 0. The topological polar surface area (TPSA) is 32.3 Å². The molecule has 2 rings (SSSR count). The number of nitrogens with zero attached hydrogens (tertiary/aromatic N) is 1. The Labute approximate surface area is 107 Å². The predicted octanol–water partition coefficient (Wildman–Crippen LogP) is 2.21. The molecule has 0 aliphatic carbocycles. The van der Waals surface area contributed by atoms with Crippen LogP contribution in [0.5, 0.6) is 0 Å². The lowest BCUT2D eigenvalue weighted by atomic mass is 9.98. The minimum atomic E-state index is 0.187. The van der Waals surface area contributed by atoms with Gasteiger partial charge in [0, 0.05) is 25.2 Å². The predicted molar refractivity (Wildman–Crippen MR) is 71.4 cm³/mol. The van der Waals surface area contributed by atoms with Gasteiger partial charge in [-0.2, -0.15) is 0 Å². The second-order valence-electron chi connectivity index (χ2n) is 5.06. The van der Waals surface area contributed by atoms with Gasteiger partial charge in [-0.15, -0.1) is 11.3 Å². The molecule has 0 saturated carbocycles. The molecule has 2 atom stereocenters. The highest BCUT2D eigenvalue weighted by molar-refractivity contribution is 7.12. The van der Waals surface area contributed by atoms with Crippen LogP contribution in [0.3, 0.4) is 0 Å². The van der Waals surface area contributed by atoms with Gasteiger partial charge in [-0.1, -0.05) is 19.9 Å². The molecule has 1 saturated heterocycles. The average molecular weight is 252 g/mol. The van der Waals surface area contributed by atoms with Crippen molar-refractivity contribution in [2.45, 2.75) is 32.9 Å². The fourth-order valence-electron chi connectivity index (χ4n) is 2.30. The number of carbonyl (C=O) groups excluding carboxylic acids is 1. The normalized spacial score (nSPS) is 25.3. The zero-order chi connectivity index (χ0) is 12.4. The molecule has 1 aliphatic heterocycles. The first-order valence-electron chi connectivity index (χ1n) is 6.17. The first kappa shape index (κ1) is 12.6. The molecule has 1 amide bonds. The fourth-order valence-corrected chi connectivity index (χ4v) is 2.98. The summed E-state index contributed by atoms with van der Waals surface area (Å²) in [6.45, 7) is 8.19. The van der Waals surface area contributed by atoms with Crippen molar-refractivity contribution in [2.24, 2.45) is 5.92 Å². The maximum atomic E-state index is 12.4. The van der Waals surface area contributed by atoms with Crippen molar-refractivity contribution in [3.05, 3.63) is 22.4 Å². The van der Waals surface area contributed by atoms with Crippen molar-refractivity contribution in [1.82, 2.24) is 10.2 Å². The lowest BCUT2D eigenvalue weighted by molar-refractivity contribution is 0.0527. The van der Waals surface area contributed by atoms with Crippen molar-refractivity contribution in [3.63, 3.8) is 0 Å². The van der Waals surface area contributed by atoms with Gasteiger partial charge in [-0.05, 0) is 24.3 Å². The molecule has 0 spiro atoms. The van der Waals surface area contributed by atoms with Crippen LogP contribution in [-0.4, -0.2) is 36.0 Å². The minimum absolute atomic E-state index is 0.187. The van der Waals surface area contributed by atoms with Gasteiger partial charge in [-0.3, -0.25) is 4.79 Å². The van der Waals surface area contributed by atoms with Gasteiger partial charge in [0.1, 0.15) is 0 Å². The molecular weight excluding hydrogens is 232 g/mol. The summed E-state index contributed by atoms with van der Waals surface area (Å²) in [5.41, 5.74) is 0. The Morgan fingerprint density at radius 1 is 1.59 bits per heavy atom. The number of amides is 1. The number of piperazine rings is 1. The Balaban J connectivity index is 2.17. The van der Waals surface area contributed by atoms with Crippen LogP contribution in [0.4, 0.5) is 0 Å². The maximum absolute atomic E-state index is 12.4. The zero-order valence-electron chi connectivity index (χ0n) is 10.6. The van der Waals surface area contributed by atoms with Gasteiger partial charge in [0.25, 0.3) is 5.91 Å². The number of hydrogen-bond acceptors (Lipinski definition) is 3. The molecule has 2 unspecified atom stereocenters. The molecule has 0 aromatic carbocycles. The summed E-state index contributed by atoms with van der Waals surface area (Å²) in [4.78, 5) is 15.3. The monoisotopic (exact) mass is 252 g/mol. The molecule has 17 heavy (non-hydrogen) atoms. The molecule has 0 bridgehead atoms. The van der Waals surface area contributed by atoms with E-state index in [0.717, 1.165) is 18.0 Å². The Morgan fingerprint density at radius 3 is 2.94 bits per heavy atom. The van der Waals surface area contributed by atoms with Crippen LogP contribution in [0.1, 0.15) is 30.4 Å². The van der Waals surface area contributed by atoms with E-state index in [2.05, 4.69) is 26.1 Å². The summed E-state index contributed by atoms with van der Waals surface area (Å²) >= 11 is 1.53. The van der Waals surface area contributed by atoms with Crippen molar-refractivity contribution < 1.29 is 4.79 Å². The van der Waals surface area contributed by atoms with Gasteiger partial charge in [0.15, 0.2) is 0 Å². The highest BCUT2D eigenvalue weighted by Crippen LogP contribution is 2.20. The molecule has 0 radical (unpaired) electrons. The largest absolute Gasteiger partial charge is 0.332 e. The van der Waals surface area contributed by atoms with Crippen LogP contribution in [0.25, 0.3) is 0 Å². The van der Waals surface area contributed by atoms with E-state index in [0.29, 0.717) is 18.0 Å². The van der Waals surface area contributed by atoms with Crippen molar-refractivity contribution in [1.29, 1.82) is 0 Å². The fraction of sp³-hybridized carbons (Fsp3) is 0.615. The molecule has 1 aromatic rings. The highest BCUT2D eigenvalue weighted by Gasteiger charge is 2.32. The lowest BCUT2D eigenvalue weighted by Crippen LogP contribution is -2.59. The van der Waals surface area contributed by atoms with Crippen LogP contribution in [0, 0.1) is 5.92 Å². The third-order valence-electron chi connectivity index (χ3n) is 3.31. The third kappa shape index (κ3) is 2.69. The second-order valence-corrected chi connectivity index (χ2v) is 6.00. The number of carbonyl (C=O) groups is 1. The number of nitrogens with one attached hydrogen (secondary N) is 1. The first-order valence-corrected chi connectivity index (χ1v) is 7.05. The standard InChI is InChI=1S/C13H20N2OS/c1-9(2)11-7-14-10(3)8-15(11)13(16)12-5-4-6-17-12/h4-6,9-11,14H,7-8H2,1-3H3. The lowest BCUT2D eigenvalue weighted by Gasteiger charge is -2.41. The van der Waals surface area contributed by atoms with Gasteiger partial charge >= 0.3 is 0 Å². The molecule has 4 heteroatoms. The smallest absolute Gasteiger partial charge is 0.264 e. The number of hydrogen-bond donors (Lipinski definition) is 1. The summed E-state index contributed by atoms with van der Waals surface area (Å²) in [7, 11) is 0. The van der Waals surface area contributed by atoms with Gasteiger partial charge in [-0.25, -0.2) is 0 Å². The SMILES string of the molecule is CC1CN(C(=O)c2cccs2)C(C(C)C)CN1. The van der Waals surface area contributed by atoms with Crippen molar-refractivity contribution in [2.75, 3.05) is 13.1 Å². The van der Waals surface area contributed by atoms with Gasteiger partial charge < -0.3 is 10.2 Å². The quantitative estimate of drug-likeness (QED) is 0.875. The van der Waals surface area contributed by atoms with E-state index < -0.39 is 0 Å². The third-order valence-corrected chi connectivity index (χ3v) is 4.17. The van der Waals surface area contributed by atoms with Crippen molar-refractivity contribution in [3.8, 4) is 0 Å². The minimum Gasteiger partial charge on any atom is -0.332 e. The van der Waals surface area contributed by atoms with Crippen LogP contribution >= 0.6 is 11.3 Å². The molecule has 94 valence electrons. The molecule has 2 heterocycles. The van der Waals surface area contributed by atoms with E-state index in [1.165, 1.54) is 11.3 Å². The Kier molecular flexibility index (Phi) is 3.84. The summed E-state index contributed by atoms with van der Waals surface area (Å²) in [5.74, 6) is 0.672. The Bertz CT molecular complexity index is 375. The van der Waals surface area contributed by atoms with Crippen molar-refractivity contribution >= 4 is 17.2 Å². The molecular formula is C13H20N2OS. The Hall–Kier alpha value is -0.870. The van der Waals surface area contributed by atoms with Gasteiger partial charge in [0.05, 0.1) is 4.88 Å². The molecule has 1 aromatic heterocycles. The average Bonchev–Trinajstić information content (AvgIpc) is 2.80. The van der Waals surface area contributed by atoms with Gasteiger partial charge in [0.2, 0.25) is 0 Å². The highest BCUT2D eigenvalue weighted by atomic mass is 32.1. The number of thiophene rings is 1. The summed E-state index contributed by atoms with van der Waals surface area (Å²) in [6, 6.07) is 4.54. The molecule has 1 aliphatic rings. The van der Waals surface area contributed by atoms with E-state index in [4.69, 9.17) is 0 Å². The van der Waals surface area contributed by atoms with E-state index in [1.807, 2.05) is 22.4 Å². The maximum Gasteiger partial charge on any atom is 0.264 e. The molecule has 1 fully saturated rings. The number of rotatable bonds is 2. The molecule has 3 nitrogen and oxygen atoms in total. The van der Waals surface area contributed by atoms with Crippen LogP contribution in [0.15, 0.2) is 17.5 Å². The first-order chi connectivity index (χ1) is 8.09. The van der Waals surface area contributed by atoms with E-state index in [9.17, 15) is 4.79 Å². The molecule has 1 N–H and O–H groups in total. The second kappa shape index (κ2) is 5.19. The van der Waals surface area contributed by atoms with Crippen LogP contribution in [-0.2, 0) is 0 Å². The van der Waals surface area contributed by atoms with Crippen LogP contribution < -0.4 is 5.32 Å². The zero-order valence-corrected chi connectivity index (χ0v) is 11.5. The summed E-state index contributed by atoms with van der Waals surface area (Å²) < 4.78 is 0. The van der Waals surface area contributed by atoms with E-state index >= 15 is 0 Å². The van der Waals surface area contributed by atoms with Crippen LogP contribution in [0.2, 0.25) is 0 Å². The Morgan fingerprint density at radius 2 is 2.35 bits per heavy atom. The summed E-state index contributed by atoms with van der Waals surface area (Å²) in [5, 5.41) is 5.41.